The normalized spacial score (nSPS) is 11.1. The van der Waals surface area contributed by atoms with Crippen molar-refractivity contribution in [3.8, 4) is 34.3 Å². The maximum Gasteiger partial charge on any atom is 0.182 e. The van der Waals surface area contributed by atoms with Crippen LogP contribution in [0.5, 0.6) is 23.0 Å². The highest BCUT2D eigenvalue weighted by Crippen LogP contribution is 2.41. The molecule has 0 fully saturated rings. The average molecular weight is 456 g/mol. The number of benzene rings is 3. The van der Waals surface area contributed by atoms with Crippen LogP contribution in [-0.2, 0) is 6.42 Å². The molecule has 0 amide bonds. The lowest BCUT2D eigenvalue weighted by Gasteiger charge is -2.14. The molecule has 3 aromatic carbocycles. The zero-order valence-electron chi connectivity index (χ0n) is 19.5. The summed E-state index contributed by atoms with van der Waals surface area (Å²) in [6.45, 7) is 0. The second kappa shape index (κ2) is 8.94. The number of pyridine rings is 1. The molecule has 7 heteroatoms. The Morgan fingerprint density at radius 2 is 1.35 bits per heavy atom. The smallest absolute Gasteiger partial charge is 0.182 e. The first-order chi connectivity index (χ1) is 16.7. The van der Waals surface area contributed by atoms with Crippen LogP contribution < -0.4 is 18.9 Å². The van der Waals surface area contributed by atoms with E-state index in [1.807, 2.05) is 48.5 Å². The van der Waals surface area contributed by atoms with Crippen LogP contribution in [0.3, 0.4) is 0 Å². The SMILES string of the molecule is COc1ccc(-c2nc3n[nH]c(Cc4ccccc4)c3c3cc(OC)c(OC)cc23)cc1OC. The fraction of sp³-hybridized carbons (Fsp3) is 0.185. The zero-order valence-corrected chi connectivity index (χ0v) is 19.5. The van der Waals surface area contributed by atoms with Crippen molar-refractivity contribution in [1.82, 2.24) is 15.2 Å². The zero-order chi connectivity index (χ0) is 23.7. The number of aromatic nitrogens is 3. The van der Waals surface area contributed by atoms with E-state index in [4.69, 9.17) is 23.9 Å². The lowest BCUT2D eigenvalue weighted by Crippen LogP contribution is -1.96. The van der Waals surface area contributed by atoms with Crippen LogP contribution in [0.1, 0.15) is 11.3 Å². The van der Waals surface area contributed by atoms with Crippen molar-refractivity contribution < 1.29 is 18.9 Å². The summed E-state index contributed by atoms with van der Waals surface area (Å²) in [5, 5.41) is 10.6. The Balaban J connectivity index is 1.80. The molecule has 34 heavy (non-hydrogen) atoms. The monoisotopic (exact) mass is 455 g/mol. The number of H-pyrrole nitrogens is 1. The van der Waals surface area contributed by atoms with Gasteiger partial charge in [-0.1, -0.05) is 30.3 Å². The molecule has 2 aromatic heterocycles. The van der Waals surface area contributed by atoms with E-state index in [1.165, 1.54) is 5.56 Å². The molecule has 0 aliphatic carbocycles. The van der Waals surface area contributed by atoms with Crippen LogP contribution in [0.25, 0.3) is 33.1 Å². The van der Waals surface area contributed by atoms with Crippen molar-refractivity contribution in [2.45, 2.75) is 6.42 Å². The van der Waals surface area contributed by atoms with Gasteiger partial charge in [-0.15, -0.1) is 0 Å². The molecular formula is C27H25N3O4. The molecule has 5 rings (SSSR count). The van der Waals surface area contributed by atoms with Gasteiger partial charge in [-0.25, -0.2) is 4.98 Å². The number of rotatable bonds is 7. The number of ether oxygens (including phenoxy) is 4. The number of aromatic amines is 1. The third-order valence-electron chi connectivity index (χ3n) is 5.97. The standard InChI is InChI=1S/C27H25N3O4/c1-31-21-11-10-17(13-22(21)32-2)26-19-15-24(34-4)23(33-3)14-18(19)25-20(29-30-27(25)28-26)12-16-8-6-5-7-9-16/h5-11,13-15H,12H2,1-4H3,(H,28,29,30). The van der Waals surface area contributed by atoms with E-state index in [-0.39, 0.29) is 0 Å². The second-order valence-electron chi connectivity index (χ2n) is 7.85. The summed E-state index contributed by atoms with van der Waals surface area (Å²) in [5.74, 6) is 2.56. The minimum absolute atomic E-state index is 0.627. The number of fused-ring (bicyclic) bond motifs is 3. The third kappa shape index (κ3) is 3.65. The van der Waals surface area contributed by atoms with Gasteiger partial charge in [0.2, 0.25) is 0 Å². The van der Waals surface area contributed by atoms with Gasteiger partial charge in [0.25, 0.3) is 0 Å². The first-order valence-corrected chi connectivity index (χ1v) is 10.9. The molecular weight excluding hydrogens is 430 g/mol. The Labute approximate surface area is 197 Å². The predicted molar refractivity (Wildman–Crippen MR) is 132 cm³/mol. The maximum atomic E-state index is 5.63. The van der Waals surface area contributed by atoms with Crippen molar-refractivity contribution in [3.05, 3.63) is 71.9 Å². The molecule has 0 atom stereocenters. The van der Waals surface area contributed by atoms with Gasteiger partial charge in [0.05, 0.1) is 39.5 Å². The highest BCUT2D eigenvalue weighted by molar-refractivity contribution is 6.12. The molecule has 0 saturated heterocycles. The minimum atomic E-state index is 0.627. The first kappa shape index (κ1) is 21.6. The van der Waals surface area contributed by atoms with Crippen molar-refractivity contribution in [3.63, 3.8) is 0 Å². The Kier molecular flexibility index (Phi) is 5.67. The number of methoxy groups -OCH3 is 4. The van der Waals surface area contributed by atoms with Crippen molar-refractivity contribution in [1.29, 1.82) is 0 Å². The van der Waals surface area contributed by atoms with E-state index in [0.717, 1.165) is 33.1 Å². The van der Waals surface area contributed by atoms with E-state index in [0.29, 0.717) is 35.1 Å². The Morgan fingerprint density at radius 1 is 0.706 bits per heavy atom. The van der Waals surface area contributed by atoms with E-state index in [1.54, 1.807) is 28.4 Å². The summed E-state index contributed by atoms with van der Waals surface area (Å²) in [6, 6.07) is 20.0. The van der Waals surface area contributed by atoms with E-state index < -0.39 is 0 Å². The van der Waals surface area contributed by atoms with Gasteiger partial charge in [0.1, 0.15) is 0 Å². The van der Waals surface area contributed by atoms with Gasteiger partial charge in [-0.05, 0) is 35.9 Å². The van der Waals surface area contributed by atoms with Crippen molar-refractivity contribution >= 4 is 21.8 Å². The fourth-order valence-electron chi connectivity index (χ4n) is 4.31. The third-order valence-corrected chi connectivity index (χ3v) is 5.97. The van der Waals surface area contributed by atoms with Crippen LogP contribution in [0.4, 0.5) is 0 Å². The quantitative estimate of drug-likeness (QED) is 0.354. The largest absolute Gasteiger partial charge is 0.493 e. The van der Waals surface area contributed by atoms with Crippen LogP contribution in [0.2, 0.25) is 0 Å². The molecule has 0 radical (unpaired) electrons. The van der Waals surface area contributed by atoms with Crippen LogP contribution in [0, 0.1) is 0 Å². The maximum absolute atomic E-state index is 5.63. The topological polar surface area (TPSA) is 78.5 Å². The molecule has 172 valence electrons. The van der Waals surface area contributed by atoms with Crippen LogP contribution in [-0.4, -0.2) is 43.6 Å². The highest BCUT2D eigenvalue weighted by atomic mass is 16.5. The average Bonchev–Trinajstić information content (AvgIpc) is 3.29. The van der Waals surface area contributed by atoms with Gasteiger partial charge in [0, 0.05) is 28.5 Å². The summed E-state index contributed by atoms with van der Waals surface area (Å²) in [5.41, 5.74) is 4.46. The molecule has 5 aromatic rings. The van der Waals surface area contributed by atoms with Gasteiger partial charge in [0.15, 0.2) is 28.6 Å². The van der Waals surface area contributed by atoms with Gasteiger partial charge in [-0.3, -0.25) is 5.10 Å². The van der Waals surface area contributed by atoms with Gasteiger partial charge < -0.3 is 18.9 Å². The summed E-state index contributed by atoms with van der Waals surface area (Å²) < 4.78 is 22.2. The lowest BCUT2D eigenvalue weighted by molar-refractivity contribution is 0.355. The lowest BCUT2D eigenvalue weighted by atomic mass is 9.98. The predicted octanol–water partition coefficient (Wildman–Crippen LogP) is 5.40. The Bertz CT molecular complexity index is 1480. The molecule has 0 bridgehead atoms. The van der Waals surface area contributed by atoms with E-state index >= 15 is 0 Å². The van der Waals surface area contributed by atoms with Crippen molar-refractivity contribution in [2.75, 3.05) is 28.4 Å². The molecule has 1 N–H and O–H groups in total. The van der Waals surface area contributed by atoms with E-state index in [9.17, 15) is 0 Å². The minimum Gasteiger partial charge on any atom is -0.493 e. The fourth-order valence-corrected chi connectivity index (χ4v) is 4.31. The molecule has 0 spiro atoms. The molecule has 0 aliphatic rings. The summed E-state index contributed by atoms with van der Waals surface area (Å²) in [4.78, 5) is 4.96. The number of nitrogens with zero attached hydrogens (tertiary/aromatic N) is 2. The molecule has 0 aliphatic heterocycles. The van der Waals surface area contributed by atoms with E-state index in [2.05, 4.69) is 22.3 Å². The second-order valence-corrected chi connectivity index (χ2v) is 7.85. The summed E-state index contributed by atoms with van der Waals surface area (Å²) >= 11 is 0. The Hall–Kier alpha value is -4.26. The molecule has 2 heterocycles. The number of hydrogen-bond acceptors (Lipinski definition) is 6. The number of nitrogens with one attached hydrogen (secondary N) is 1. The summed E-state index contributed by atoms with van der Waals surface area (Å²) in [7, 11) is 6.50. The molecule has 7 nitrogen and oxygen atoms in total. The Morgan fingerprint density at radius 3 is 2.03 bits per heavy atom. The first-order valence-electron chi connectivity index (χ1n) is 10.9. The van der Waals surface area contributed by atoms with Crippen molar-refractivity contribution in [2.24, 2.45) is 0 Å². The molecule has 0 saturated carbocycles. The van der Waals surface area contributed by atoms with Gasteiger partial charge >= 0.3 is 0 Å². The van der Waals surface area contributed by atoms with Crippen LogP contribution >= 0.6 is 0 Å². The molecule has 0 unspecified atom stereocenters. The van der Waals surface area contributed by atoms with Crippen LogP contribution in [0.15, 0.2) is 60.7 Å². The highest BCUT2D eigenvalue weighted by Gasteiger charge is 2.20. The van der Waals surface area contributed by atoms with Gasteiger partial charge in [-0.2, -0.15) is 5.10 Å². The summed E-state index contributed by atoms with van der Waals surface area (Å²) in [6.07, 6.45) is 0.707. The number of hydrogen-bond donors (Lipinski definition) is 1.